The summed E-state index contributed by atoms with van der Waals surface area (Å²) in [5.41, 5.74) is 0. The number of carbonyl (C=O) groups excluding carboxylic acids is 2. The van der Waals surface area contributed by atoms with Crippen molar-refractivity contribution in [2.24, 2.45) is 23.7 Å². The van der Waals surface area contributed by atoms with Crippen molar-refractivity contribution in [3.63, 3.8) is 0 Å². The molecule has 2 nitrogen and oxygen atoms in total. The fraction of sp³-hybridized carbons (Fsp3) is 0.923. The first-order chi connectivity index (χ1) is 13.5. The summed E-state index contributed by atoms with van der Waals surface area (Å²) in [5, 5.41) is 0. The Balaban J connectivity index is 2.08. The highest BCUT2D eigenvalue weighted by Gasteiger charge is 2.24. The summed E-state index contributed by atoms with van der Waals surface area (Å²) in [6, 6.07) is 0. The molecule has 0 aromatic rings. The van der Waals surface area contributed by atoms with Gasteiger partial charge in [0, 0.05) is 25.7 Å². The molecule has 2 heteroatoms. The topological polar surface area (TPSA) is 34.1 Å². The summed E-state index contributed by atoms with van der Waals surface area (Å²) in [6.07, 6.45) is 17.3. The Morgan fingerprint density at radius 2 is 1.36 bits per heavy atom. The minimum Gasteiger partial charge on any atom is -0.300 e. The van der Waals surface area contributed by atoms with Gasteiger partial charge in [0.15, 0.2) is 0 Å². The molecule has 0 N–H and O–H groups in total. The first kappa shape index (κ1) is 25.4. The van der Waals surface area contributed by atoms with E-state index in [1.807, 2.05) is 0 Å². The predicted octanol–water partition coefficient (Wildman–Crippen LogP) is 7.92. The number of hydrogen-bond donors (Lipinski definition) is 0. The average Bonchev–Trinajstić information content (AvgIpc) is 2.69. The van der Waals surface area contributed by atoms with Crippen LogP contribution in [0.2, 0.25) is 0 Å². The van der Waals surface area contributed by atoms with E-state index in [2.05, 4.69) is 27.7 Å². The van der Waals surface area contributed by atoms with E-state index in [1.165, 1.54) is 51.4 Å². The molecular formula is C26H48O2. The summed E-state index contributed by atoms with van der Waals surface area (Å²) in [7, 11) is 0. The molecule has 1 aliphatic carbocycles. The lowest BCUT2D eigenvalue weighted by atomic mass is 9.74. The van der Waals surface area contributed by atoms with Gasteiger partial charge in [0.25, 0.3) is 0 Å². The van der Waals surface area contributed by atoms with Gasteiger partial charge in [-0.05, 0) is 55.8 Å². The Kier molecular flexibility index (Phi) is 13.8. The van der Waals surface area contributed by atoms with E-state index in [4.69, 9.17) is 0 Å². The summed E-state index contributed by atoms with van der Waals surface area (Å²) < 4.78 is 0. The van der Waals surface area contributed by atoms with E-state index in [1.54, 1.807) is 0 Å². The Hall–Kier alpha value is -0.660. The van der Waals surface area contributed by atoms with E-state index in [9.17, 15) is 9.59 Å². The third-order valence-electron chi connectivity index (χ3n) is 7.10. The van der Waals surface area contributed by atoms with E-state index in [0.717, 1.165) is 56.3 Å². The minimum absolute atomic E-state index is 0.396. The Labute approximate surface area is 175 Å². The maximum Gasteiger partial charge on any atom is 0.132 e. The zero-order valence-corrected chi connectivity index (χ0v) is 19.4. The third-order valence-corrected chi connectivity index (χ3v) is 7.10. The molecule has 4 unspecified atom stereocenters. The van der Waals surface area contributed by atoms with Gasteiger partial charge >= 0.3 is 0 Å². The maximum absolute atomic E-state index is 12.3. The maximum atomic E-state index is 12.3. The van der Waals surface area contributed by atoms with Crippen molar-refractivity contribution >= 4 is 11.6 Å². The first-order valence-corrected chi connectivity index (χ1v) is 12.5. The number of Topliss-reactive ketones (excluding diaryl/α,β-unsaturated/α-hetero) is 2. The molecule has 1 fully saturated rings. The lowest BCUT2D eigenvalue weighted by Crippen LogP contribution is -2.20. The van der Waals surface area contributed by atoms with Crippen molar-refractivity contribution in [3.05, 3.63) is 0 Å². The van der Waals surface area contributed by atoms with Crippen LogP contribution in [0.3, 0.4) is 0 Å². The van der Waals surface area contributed by atoms with Gasteiger partial charge in [-0.2, -0.15) is 0 Å². The van der Waals surface area contributed by atoms with E-state index in [-0.39, 0.29) is 0 Å². The van der Waals surface area contributed by atoms with Crippen LogP contribution in [0, 0.1) is 23.7 Å². The van der Waals surface area contributed by atoms with Crippen molar-refractivity contribution in [3.8, 4) is 0 Å². The molecule has 0 heterocycles. The van der Waals surface area contributed by atoms with E-state index < -0.39 is 0 Å². The molecule has 0 aliphatic heterocycles. The first-order valence-electron chi connectivity index (χ1n) is 12.5. The van der Waals surface area contributed by atoms with Crippen molar-refractivity contribution < 1.29 is 9.59 Å². The number of ketones is 2. The van der Waals surface area contributed by atoms with Gasteiger partial charge < -0.3 is 0 Å². The molecule has 1 rings (SSSR count). The minimum atomic E-state index is 0.396. The molecule has 0 amide bonds. The van der Waals surface area contributed by atoms with Crippen LogP contribution in [0.1, 0.15) is 130 Å². The smallest absolute Gasteiger partial charge is 0.132 e. The highest BCUT2D eigenvalue weighted by molar-refractivity contribution is 5.79. The lowest BCUT2D eigenvalue weighted by molar-refractivity contribution is -0.121. The van der Waals surface area contributed by atoms with Gasteiger partial charge in [-0.15, -0.1) is 0 Å². The Bertz CT molecular complexity index is 426. The summed E-state index contributed by atoms with van der Waals surface area (Å²) in [4.78, 5) is 24.3. The molecule has 0 aromatic carbocycles. The second-order valence-electron chi connectivity index (χ2n) is 9.81. The van der Waals surface area contributed by atoms with Gasteiger partial charge in [-0.1, -0.05) is 72.6 Å². The molecule has 1 saturated carbocycles. The second kappa shape index (κ2) is 15.2. The summed E-state index contributed by atoms with van der Waals surface area (Å²) in [6.45, 7) is 9.09. The number of hydrogen-bond acceptors (Lipinski definition) is 2. The van der Waals surface area contributed by atoms with E-state index >= 15 is 0 Å². The quantitative estimate of drug-likeness (QED) is 0.250. The normalized spacial score (nSPS) is 22.0. The molecule has 164 valence electrons. The van der Waals surface area contributed by atoms with Crippen molar-refractivity contribution in [2.75, 3.05) is 0 Å². The third kappa shape index (κ3) is 11.4. The highest BCUT2D eigenvalue weighted by atomic mass is 16.1. The van der Waals surface area contributed by atoms with Crippen LogP contribution in [0.4, 0.5) is 0 Å². The second-order valence-corrected chi connectivity index (χ2v) is 9.81. The molecule has 0 saturated heterocycles. The number of unbranched alkanes of at least 4 members (excludes halogenated alkanes) is 1. The molecule has 28 heavy (non-hydrogen) atoms. The van der Waals surface area contributed by atoms with Crippen LogP contribution in [0.25, 0.3) is 0 Å². The van der Waals surface area contributed by atoms with Crippen LogP contribution in [-0.4, -0.2) is 11.6 Å². The largest absolute Gasteiger partial charge is 0.300 e. The Morgan fingerprint density at radius 1 is 0.786 bits per heavy atom. The predicted molar refractivity (Wildman–Crippen MR) is 121 cm³/mol. The van der Waals surface area contributed by atoms with Crippen LogP contribution < -0.4 is 0 Å². The van der Waals surface area contributed by atoms with Gasteiger partial charge in [0.05, 0.1) is 0 Å². The van der Waals surface area contributed by atoms with Gasteiger partial charge in [0.1, 0.15) is 11.6 Å². The zero-order valence-electron chi connectivity index (χ0n) is 19.4. The molecule has 0 bridgehead atoms. The lowest BCUT2D eigenvalue weighted by Gasteiger charge is -2.31. The molecule has 0 radical (unpaired) electrons. The van der Waals surface area contributed by atoms with Crippen LogP contribution in [-0.2, 0) is 9.59 Å². The SMILES string of the molecule is CCCC1CCCCC1CCC(=O)CCCCC(=O)CCC(C)CC(C)CC. The van der Waals surface area contributed by atoms with Crippen molar-refractivity contribution in [2.45, 2.75) is 130 Å². The standard InChI is InChI=1S/C26H48O2/c1-5-11-23-12-7-8-13-24(23)17-19-26(28)15-10-9-14-25(27)18-16-22(4)20-21(3)6-2/h21-24H,5-20H2,1-4H3. The van der Waals surface area contributed by atoms with Crippen molar-refractivity contribution in [1.29, 1.82) is 0 Å². The van der Waals surface area contributed by atoms with Gasteiger partial charge in [-0.25, -0.2) is 0 Å². The van der Waals surface area contributed by atoms with Crippen molar-refractivity contribution in [1.82, 2.24) is 0 Å². The monoisotopic (exact) mass is 392 g/mol. The fourth-order valence-corrected chi connectivity index (χ4v) is 5.03. The highest BCUT2D eigenvalue weighted by Crippen LogP contribution is 2.36. The molecular weight excluding hydrogens is 344 g/mol. The summed E-state index contributed by atoms with van der Waals surface area (Å²) >= 11 is 0. The average molecular weight is 393 g/mol. The fourth-order valence-electron chi connectivity index (χ4n) is 5.03. The molecule has 0 aromatic heterocycles. The number of carbonyl (C=O) groups is 2. The molecule has 0 spiro atoms. The zero-order chi connectivity index (χ0) is 20.8. The molecule has 1 aliphatic rings. The van der Waals surface area contributed by atoms with Crippen LogP contribution in [0.5, 0.6) is 0 Å². The van der Waals surface area contributed by atoms with Gasteiger partial charge in [-0.3, -0.25) is 9.59 Å². The van der Waals surface area contributed by atoms with Gasteiger partial charge in [0.2, 0.25) is 0 Å². The van der Waals surface area contributed by atoms with Crippen LogP contribution >= 0.6 is 0 Å². The van der Waals surface area contributed by atoms with Crippen LogP contribution in [0.15, 0.2) is 0 Å². The Morgan fingerprint density at radius 3 is 1.93 bits per heavy atom. The summed E-state index contributed by atoms with van der Waals surface area (Å²) in [5.74, 6) is 3.89. The number of rotatable bonds is 16. The molecule has 4 atom stereocenters. The van der Waals surface area contributed by atoms with E-state index in [0.29, 0.717) is 30.3 Å².